The summed E-state index contributed by atoms with van der Waals surface area (Å²) in [7, 11) is 0. The first-order valence-electron chi connectivity index (χ1n) is 5.63. The lowest BCUT2D eigenvalue weighted by molar-refractivity contribution is -0.140. The van der Waals surface area contributed by atoms with E-state index in [4.69, 9.17) is 16.2 Å². The third-order valence-corrected chi connectivity index (χ3v) is 2.46. The highest BCUT2D eigenvalue weighted by Gasteiger charge is 2.13. The maximum Gasteiger partial charge on any atom is 0.319 e. The number of rotatable bonds is 5. The summed E-state index contributed by atoms with van der Waals surface area (Å²) in [4.78, 5) is 22.2. The molecule has 0 aromatic heterocycles. The smallest absolute Gasteiger partial charge is 0.319 e. The number of hydrogen-bond acceptors (Lipinski definition) is 3. The maximum atomic E-state index is 11.6. The minimum atomic E-state index is -0.982. The van der Waals surface area contributed by atoms with Crippen LogP contribution in [0.2, 0.25) is 0 Å². The molecule has 7 heteroatoms. The second-order valence-electron chi connectivity index (χ2n) is 4.03. The highest BCUT2D eigenvalue weighted by Crippen LogP contribution is 2.13. The monoisotopic (exact) mass is 264 g/mol. The Balaban J connectivity index is 2.63. The minimum Gasteiger partial charge on any atom is -0.481 e. The van der Waals surface area contributed by atoms with Crippen molar-refractivity contribution in [1.82, 2.24) is 5.32 Å². The first-order chi connectivity index (χ1) is 8.91. The van der Waals surface area contributed by atoms with Gasteiger partial charge < -0.3 is 21.5 Å². The van der Waals surface area contributed by atoms with Crippen molar-refractivity contribution in [3.8, 4) is 0 Å². The molecule has 1 aromatic carbocycles. The highest BCUT2D eigenvalue weighted by atomic mass is 16.4. The Labute approximate surface area is 110 Å². The van der Waals surface area contributed by atoms with Crippen molar-refractivity contribution < 1.29 is 14.7 Å². The van der Waals surface area contributed by atoms with E-state index in [1.165, 1.54) is 6.92 Å². The Kier molecular flexibility index (Phi) is 4.87. The van der Waals surface area contributed by atoms with Crippen LogP contribution < -0.4 is 16.4 Å². The summed E-state index contributed by atoms with van der Waals surface area (Å²) in [5.74, 6) is -1.81. The summed E-state index contributed by atoms with van der Waals surface area (Å²) in [5, 5.41) is 21.0. The van der Waals surface area contributed by atoms with Crippen molar-refractivity contribution in [2.24, 2.45) is 11.7 Å². The number of aliphatic carboxylic acids is 1. The van der Waals surface area contributed by atoms with Crippen molar-refractivity contribution in [2.45, 2.75) is 6.92 Å². The summed E-state index contributed by atoms with van der Waals surface area (Å²) in [6, 6.07) is 6.07. The number of nitrogens with one attached hydrogen (secondary N) is 3. The second-order valence-corrected chi connectivity index (χ2v) is 4.03. The van der Waals surface area contributed by atoms with Crippen LogP contribution in [0.1, 0.15) is 12.5 Å². The lowest BCUT2D eigenvalue weighted by atomic mass is 10.1. The van der Waals surface area contributed by atoms with Gasteiger partial charge in [-0.15, -0.1) is 0 Å². The molecule has 0 radical (unpaired) electrons. The number of anilines is 1. The fourth-order valence-electron chi connectivity index (χ4n) is 1.33. The number of carboxylic acid groups (broad SMARTS) is 1. The molecular weight excluding hydrogens is 248 g/mol. The van der Waals surface area contributed by atoms with Gasteiger partial charge in [-0.25, -0.2) is 4.79 Å². The standard InChI is InChI=1S/C12H16N4O3/c1-7(11(17)18)6-15-12(19)16-9-5-3-2-4-8(9)10(13)14/h2-5,7H,6H2,1H3,(H3,13,14)(H,17,18)(H2,15,16,19). The van der Waals surface area contributed by atoms with Crippen LogP contribution in [0.3, 0.4) is 0 Å². The SMILES string of the molecule is CC(CNC(=O)Nc1ccccc1C(=N)N)C(=O)O. The van der Waals surface area contributed by atoms with Crippen molar-refractivity contribution in [2.75, 3.05) is 11.9 Å². The molecule has 0 aliphatic carbocycles. The molecule has 7 nitrogen and oxygen atoms in total. The van der Waals surface area contributed by atoms with E-state index >= 15 is 0 Å². The van der Waals surface area contributed by atoms with Crippen LogP contribution in [0, 0.1) is 11.3 Å². The molecule has 102 valence electrons. The maximum absolute atomic E-state index is 11.6. The van der Waals surface area contributed by atoms with E-state index in [9.17, 15) is 9.59 Å². The van der Waals surface area contributed by atoms with Gasteiger partial charge in [-0.05, 0) is 12.1 Å². The number of para-hydroxylation sites is 1. The third kappa shape index (κ3) is 4.30. The first-order valence-corrected chi connectivity index (χ1v) is 5.63. The molecule has 1 atom stereocenters. The fourth-order valence-corrected chi connectivity index (χ4v) is 1.33. The van der Waals surface area contributed by atoms with Crippen LogP contribution >= 0.6 is 0 Å². The number of nitrogens with two attached hydrogens (primary N) is 1. The minimum absolute atomic E-state index is 0.0173. The Morgan fingerprint density at radius 2 is 2.05 bits per heavy atom. The Bertz CT molecular complexity index is 502. The van der Waals surface area contributed by atoms with Crippen molar-refractivity contribution in [1.29, 1.82) is 5.41 Å². The molecule has 0 saturated heterocycles. The number of benzene rings is 1. The number of amides is 2. The number of carbonyl (C=O) groups is 2. The van der Waals surface area contributed by atoms with Gasteiger partial charge in [0.25, 0.3) is 0 Å². The molecule has 2 amide bonds. The summed E-state index contributed by atoms with van der Waals surface area (Å²) in [6.07, 6.45) is 0. The molecule has 0 aliphatic heterocycles. The largest absolute Gasteiger partial charge is 0.481 e. The number of hydrogen-bond donors (Lipinski definition) is 5. The summed E-state index contributed by atoms with van der Waals surface area (Å²) < 4.78 is 0. The van der Waals surface area contributed by atoms with Gasteiger partial charge in [0, 0.05) is 12.1 Å². The third-order valence-electron chi connectivity index (χ3n) is 2.46. The van der Waals surface area contributed by atoms with Gasteiger partial charge in [-0.3, -0.25) is 10.2 Å². The Morgan fingerprint density at radius 3 is 2.63 bits per heavy atom. The molecule has 0 heterocycles. The van der Waals surface area contributed by atoms with E-state index < -0.39 is 17.9 Å². The molecule has 6 N–H and O–H groups in total. The molecule has 1 aromatic rings. The van der Waals surface area contributed by atoms with Crippen LogP contribution in [0.4, 0.5) is 10.5 Å². The van der Waals surface area contributed by atoms with E-state index in [1.807, 2.05) is 0 Å². The van der Waals surface area contributed by atoms with Gasteiger partial charge in [0.1, 0.15) is 5.84 Å². The lowest BCUT2D eigenvalue weighted by Crippen LogP contribution is -2.35. The normalized spacial score (nSPS) is 11.4. The van der Waals surface area contributed by atoms with Gasteiger partial charge in [0.05, 0.1) is 11.6 Å². The number of nitrogen functional groups attached to an aromatic ring is 1. The predicted octanol–water partition coefficient (Wildman–Crippen LogP) is 0.813. The number of urea groups is 1. The van der Waals surface area contributed by atoms with Gasteiger partial charge in [0.15, 0.2) is 0 Å². The van der Waals surface area contributed by atoms with E-state index in [1.54, 1.807) is 24.3 Å². The van der Waals surface area contributed by atoms with Crippen LogP contribution in [-0.2, 0) is 4.79 Å². The summed E-state index contributed by atoms with van der Waals surface area (Å²) in [5.41, 5.74) is 6.19. The molecular formula is C12H16N4O3. The van der Waals surface area contributed by atoms with E-state index in [0.717, 1.165) is 0 Å². The zero-order valence-corrected chi connectivity index (χ0v) is 10.4. The molecule has 0 bridgehead atoms. The molecule has 1 rings (SSSR count). The number of carbonyl (C=O) groups excluding carboxylic acids is 1. The second kappa shape index (κ2) is 6.39. The van der Waals surface area contributed by atoms with Gasteiger partial charge in [0.2, 0.25) is 0 Å². The molecule has 0 aliphatic rings. The molecule has 0 saturated carbocycles. The lowest BCUT2D eigenvalue weighted by Gasteiger charge is -2.12. The van der Waals surface area contributed by atoms with Gasteiger partial charge in [-0.2, -0.15) is 0 Å². The fraction of sp³-hybridized carbons (Fsp3) is 0.250. The average molecular weight is 264 g/mol. The van der Waals surface area contributed by atoms with E-state index in [0.29, 0.717) is 11.3 Å². The molecule has 19 heavy (non-hydrogen) atoms. The van der Waals surface area contributed by atoms with Crippen LogP contribution in [0.25, 0.3) is 0 Å². The zero-order valence-electron chi connectivity index (χ0n) is 10.4. The molecule has 0 spiro atoms. The van der Waals surface area contributed by atoms with Crippen molar-refractivity contribution in [3.05, 3.63) is 29.8 Å². The Hall–Kier alpha value is -2.57. The van der Waals surface area contributed by atoms with Gasteiger partial charge >= 0.3 is 12.0 Å². The molecule has 0 fully saturated rings. The van der Waals surface area contributed by atoms with E-state index in [2.05, 4.69) is 10.6 Å². The van der Waals surface area contributed by atoms with E-state index in [-0.39, 0.29) is 12.4 Å². The van der Waals surface area contributed by atoms with Crippen LogP contribution in [0.15, 0.2) is 24.3 Å². The summed E-state index contributed by atoms with van der Waals surface area (Å²) >= 11 is 0. The molecule has 1 unspecified atom stereocenters. The highest BCUT2D eigenvalue weighted by molar-refractivity contribution is 6.03. The number of carboxylic acids is 1. The first kappa shape index (κ1) is 14.5. The van der Waals surface area contributed by atoms with Crippen LogP contribution in [0.5, 0.6) is 0 Å². The zero-order chi connectivity index (χ0) is 14.4. The van der Waals surface area contributed by atoms with Gasteiger partial charge in [-0.1, -0.05) is 19.1 Å². The number of amidine groups is 1. The van der Waals surface area contributed by atoms with Crippen LogP contribution in [-0.4, -0.2) is 29.5 Å². The van der Waals surface area contributed by atoms with Crippen molar-refractivity contribution >= 4 is 23.5 Å². The predicted molar refractivity (Wildman–Crippen MR) is 71.3 cm³/mol. The Morgan fingerprint density at radius 1 is 1.42 bits per heavy atom. The summed E-state index contributed by atoms with van der Waals surface area (Å²) in [6.45, 7) is 1.51. The quantitative estimate of drug-likeness (QED) is 0.398. The van der Waals surface area contributed by atoms with Crippen molar-refractivity contribution in [3.63, 3.8) is 0 Å². The average Bonchev–Trinajstić information content (AvgIpc) is 2.36. The topological polar surface area (TPSA) is 128 Å².